The van der Waals surface area contributed by atoms with Gasteiger partial charge in [-0.1, -0.05) is 37.6 Å². The molecular formula is C24H26IrNO2-. The molecule has 3 aromatic rings. The minimum absolute atomic E-state index is 0. The Morgan fingerprint density at radius 1 is 1.04 bits per heavy atom. The van der Waals surface area contributed by atoms with Gasteiger partial charge in [0.15, 0.2) is 5.78 Å². The molecule has 2 aromatic carbocycles. The van der Waals surface area contributed by atoms with Crippen LogP contribution in [0.4, 0.5) is 0 Å². The molecule has 0 saturated heterocycles. The van der Waals surface area contributed by atoms with Gasteiger partial charge in [0.1, 0.15) is 0 Å². The number of aliphatic hydroxyl groups is 1. The van der Waals surface area contributed by atoms with Crippen molar-refractivity contribution in [3.05, 3.63) is 76.6 Å². The zero-order valence-electron chi connectivity index (χ0n) is 17.2. The summed E-state index contributed by atoms with van der Waals surface area (Å²) in [5.74, 6) is -0.0625. The molecule has 1 radical (unpaired) electrons. The first-order valence-corrected chi connectivity index (χ1v) is 8.93. The molecule has 1 aromatic heterocycles. The maximum absolute atomic E-state index is 10.0. The summed E-state index contributed by atoms with van der Waals surface area (Å²) in [6.45, 7) is 11.3. The zero-order chi connectivity index (χ0) is 20.1. The van der Waals surface area contributed by atoms with Crippen LogP contribution < -0.4 is 0 Å². The van der Waals surface area contributed by atoms with Gasteiger partial charge in [0.2, 0.25) is 0 Å². The number of hydrogen-bond donors (Lipinski definition) is 1. The number of fused-ring (bicyclic) bond motifs is 1. The number of aliphatic hydroxyl groups excluding tert-OH is 1. The number of rotatable bonds is 2. The summed E-state index contributed by atoms with van der Waals surface area (Å²) in [6, 6.07) is 16.2. The molecule has 0 aliphatic carbocycles. The summed E-state index contributed by atoms with van der Waals surface area (Å²) in [7, 11) is 0. The summed E-state index contributed by atoms with van der Waals surface area (Å²) >= 11 is 0. The first-order valence-electron chi connectivity index (χ1n) is 8.93. The molecule has 0 fully saturated rings. The van der Waals surface area contributed by atoms with Crippen molar-refractivity contribution in [2.24, 2.45) is 0 Å². The standard InChI is InChI=1S/C19H18N.C5H8O2.Ir/c1-12-8-13(2)10-16(9-12)19-15(4)11-17-14(3)6-5-7-18(17)20-19;1-4(6)3-5(2)7;/h5-9,11H,1-4H3;3,6H,1-2H3;/q-1;;/b;4-3-;. The van der Waals surface area contributed by atoms with Crippen molar-refractivity contribution in [3.63, 3.8) is 0 Å². The van der Waals surface area contributed by atoms with E-state index in [4.69, 9.17) is 10.1 Å². The molecule has 0 spiro atoms. The Hall–Kier alpha value is -2.29. The van der Waals surface area contributed by atoms with Crippen molar-refractivity contribution in [1.82, 2.24) is 4.98 Å². The fraction of sp³-hybridized carbons (Fsp3) is 0.250. The van der Waals surface area contributed by atoms with Crippen molar-refractivity contribution in [2.45, 2.75) is 41.5 Å². The van der Waals surface area contributed by atoms with Crippen molar-refractivity contribution < 1.29 is 30.0 Å². The third-order valence-corrected chi connectivity index (χ3v) is 4.08. The van der Waals surface area contributed by atoms with Gasteiger partial charge in [-0.2, -0.15) is 0 Å². The van der Waals surface area contributed by atoms with Crippen LogP contribution in [-0.4, -0.2) is 15.9 Å². The molecule has 28 heavy (non-hydrogen) atoms. The number of ketones is 1. The van der Waals surface area contributed by atoms with Crippen molar-refractivity contribution >= 4 is 16.7 Å². The van der Waals surface area contributed by atoms with Gasteiger partial charge in [0.05, 0.1) is 11.3 Å². The van der Waals surface area contributed by atoms with E-state index in [1.54, 1.807) is 0 Å². The van der Waals surface area contributed by atoms with Crippen LogP contribution in [0.5, 0.6) is 0 Å². The van der Waals surface area contributed by atoms with Crippen LogP contribution in [-0.2, 0) is 24.9 Å². The number of benzene rings is 2. The second-order valence-corrected chi connectivity index (χ2v) is 6.95. The van der Waals surface area contributed by atoms with Gasteiger partial charge in [0.25, 0.3) is 0 Å². The monoisotopic (exact) mass is 553 g/mol. The molecule has 1 N–H and O–H groups in total. The molecule has 0 aliphatic rings. The van der Waals surface area contributed by atoms with Crippen LogP contribution in [0.2, 0.25) is 0 Å². The Kier molecular flexibility index (Phi) is 8.74. The summed E-state index contributed by atoms with van der Waals surface area (Å²) in [5.41, 5.74) is 8.06. The van der Waals surface area contributed by atoms with E-state index in [1.807, 2.05) is 0 Å². The van der Waals surface area contributed by atoms with E-state index in [2.05, 4.69) is 70.2 Å². The number of allylic oxidation sites excluding steroid dienone is 2. The maximum atomic E-state index is 10.0. The van der Waals surface area contributed by atoms with Gasteiger partial charge in [0, 0.05) is 31.6 Å². The van der Waals surface area contributed by atoms with E-state index in [9.17, 15) is 4.79 Å². The minimum Gasteiger partial charge on any atom is -0.512 e. The number of hydrogen-bond acceptors (Lipinski definition) is 3. The second-order valence-electron chi connectivity index (χ2n) is 6.95. The number of aryl methyl sites for hydroxylation is 4. The van der Waals surface area contributed by atoms with Gasteiger partial charge in [-0.05, 0) is 45.0 Å². The molecule has 0 bridgehead atoms. The van der Waals surface area contributed by atoms with E-state index < -0.39 is 0 Å². The van der Waals surface area contributed by atoms with Crippen molar-refractivity contribution in [1.29, 1.82) is 0 Å². The van der Waals surface area contributed by atoms with Crippen LogP contribution in [0, 0.1) is 33.8 Å². The van der Waals surface area contributed by atoms with E-state index >= 15 is 0 Å². The first-order chi connectivity index (χ1) is 12.7. The summed E-state index contributed by atoms with van der Waals surface area (Å²) in [6.07, 6.45) is 1.17. The summed E-state index contributed by atoms with van der Waals surface area (Å²) in [4.78, 5) is 14.9. The Balaban J connectivity index is 0.000000425. The molecule has 3 nitrogen and oxygen atoms in total. The predicted molar refractivity (Wildman–Crippen MR) is 112 cm³/mol. The molecule has 0 aliphatic heterocycles. The first kappa shape index (κ1) is 23.7. The van der Waals surface area contributed by atoms with Crippen LogP contribution in [0.25, 0.3) is 22.2 Å². The average molecular weight is 553 g/mol. The van der Waals surface area contributed by atoms with Gasteiger partial charge < -0.3 is 5.11 Å². The summed E-state index contributed by atoms with van der Waals surface area (Å²) < 4.78 is 0. The molecule has 0 amide bonds. The molecule has 1 heterocycles. The smallest absolute Gasteiger partial charge is 0.155 e. The number of aromatic nitrogens is 1. The number of carbonyl (C=O) groups excluding carboxylic acids is 1. The molecule has 3 rings (SSSR count). The largest absolute Gasteiger partial charge is 0.512 e. The number of pyridine rings is 1. The molecule has 0 atom stereocenters. The SMILES string of the molecule is CC(=O)/C=C(/C)O.Cc1[c-]c(-c2nc3cccc(C)c3cc2C)cc(C)c1.[Ir]. The zero-order valence-corrected chi connectivity index (χ0v) is 19.6. The Morgan fingerprint density at radius 2 is 1.71 bits per heavy atom. The van der Waals surface area contributed by atoms with Crippen molar-refractivity contribution in [3.8, 4) is 11.3 Å². The van der Waals surface area contributed by atoms with E-state index in [0.29, 0.717) is 0 Å². The molecular weight excluding hydrogens is 526 g/mol. The third-order valence-electron chi connectivity index (χ3n) is 4.08. The number of carbonyl (C=O) groups is 1. The molecule has 0 unspecified atom stereocenters. The topological polar surface area (TPSA) is 50.2 Å². The van der Waals surface area contributed by atoms with E-state index in [-0.39, 0.29) is 31.6 Å². The normalized spacial score (nSPS) is 10.7. The fourth-order valence-corrected chi connectivity index (χ4v) is 3.03. The minimum atomic E-state index is -0.125. The van der Waals surface area contributed by atoms with Crippen LogP contribution >= 0.6 is 0 Å². The van der Waals surface area contributed by atoms with Gasteiger partial charge in [-0.3, -0.25) is 9.78 Å². The van der Waals surface area contributed by atoms with Gasteiger partial charge in [-0.25, -0.2) is 0 Å². The Labute approximate surface area is 180 Å². The second kappa shape index (κ2) is 10.3. The fourth-order valence-electron chi connectivity index (χ4n) is 3.03. The molecule has 4 heteroatoms. The Bertz CT molecular complexity index is 998. The predicted octanol–water partition coefficient (Wildman–Crippen LogP) is 5.97. The van der Waals surface area contributed by atoms with E-state index in [1.165, 1.54) is 42.0 Å². The van der Waals surface area contributed by atoms with Crippen molar-refractivity contribution in [2.75, 3.05) is 0 Å². The number of nitrogens with zero attached hydrogens (tertiary/aromatic N) is 1. The van der Waals surface area contributed by atoms with Gasteiger partial charge >= 0.3 is 0 Å². The Morgan fingerprint density at radius 3 is 2.25 bits per heavy atom. The van der Waals surface area contributed by atoms with Gasteiger partial charge in [-0.15, -0.1) is 34.9 Å². The quantitative estimate of drug-likeness (QED) is 0.242. The molecule has 0 saturated carbocycles. The van der Waals surface area contributed by atoms with Crippen LogP contribution in [0.3, 0.4) is 0 Å². The maximum Gasteiger partial charge on any atom is 0.155 e. The van der Waals surface area contributed by atoms with Crippen LogP contribution in [0.15, 0.2) is 48.2 Å². The molecule has 149 valence electrons. The summed E-state index contributed by atoms with van der Waals surface area (Å²) in [5, 5.41) is 9.60. The average Bonchev–Trinajstić information content (AvgIpc) is 2.53. The van der Waals surface area contributed by atoms with E-state index in [0.717, 1.165) is 22.3 Å². The third kappa shape index (κ3) is 6.40. The van der Waals surface area contributed by atoms with Crippen LogP contribution in [0.1, 0.15) is 36.1 Å².